The standard InChI is InChI=1S/C32H44N2O6S/c1-39-29-13-15-31(16-14-29)41(37,38)33(21-25-10-5-6-11-25)22-28(35)23-34-27(18-24-8-3-2-4-9-24)19-26(32(34)36)20-30-12-7-17-40-30/h2-4,8-9,13-16,25-28,30,35H,5-7,10-12,17-23H2,1H3/t26?,27-,28?,30?/m0/s1. The van der Waals surface area contributed by atoms with Crippen molar-refractivity contribution in [3.05, 3.63) is 60.2 Å². The number of ether oxygens (including phenoxy) is 2. The molecule has 9 heteroatoms. The van der Waals surface area contributed by atoms with Gasteiger partial charge in [-0.3, -0.25) is 4.79 Å². The molecule has 1 amide bonds. The van der Waals surface area contributed by atoms with Crippen LogP contribution in [-0.4, -0.2) is 80.2 Å². The van der Waals surface area contributed by atoms with Crippen LogP contribution < -0.4 is 4.74 Å². The van der Waals surface area contributed by atoms with E-state index in [-0.39, 0.29) is 47.9 Å². The summed E-state index contributed by atoms with van der Waals surface area (Å²) in [7, 11) is -2.30. The summed E-state index contributed by atoms with van der Waals surface area (Å²) in [6.07, 6.45) is 7.41. The number of hydrogen-bond acceptors (Lipinski definition) is 6. The summed E-state index contributed by atoms with van der Waals surface area (Å²) >= 11 is 0. The normalized spacial score (nSPS) is 24.4. The molecule has 4 atom stereocenters. The summed E-state index contributed by atoms with van der Waals surface area (Å²) < 4.78 is 40.1. The van der Waals surface area contributed by atoms with Gasteiger partial charge in [-0.05, 0) is 80.7 Å². The van der Waals surface area contributed by atoms with Crippen LogP contribution in [0, 0.1) is 11.8 Å². The average molecular weight is 585 g/mol. The first-order chi connectivity index (χ1) is 19.8. The van der Waals surface area contributed by atoms with Gasteiger partial charge in [0.05, 0.1) is 24.2 Å². The fourth-order valence-electron chi connectivity index (χ4n) is 6.80. The number of carbonyl (C=O) groups excluding carboxylic acids is 1. The van der Waals surface area contributed by atoms with Gasteiger partial charge in [-0.15, -0.1) is 0 Å². The fourth-order valence-corrected chi connectivity index (χ4v) is 8.36. The molecule has 41 heavy (non-hydrogen) atoms. The topological polar surface area (TPSA) is 96.4 Å². The van der Waals surface area contributed by atoms with Crippen molar-refractivity contribution in [2.24, 2.45) is 11.8 Å². The highest BCUT2D eigenvalue weighted by atomic mass is 32.2. The maximum atomic E-state index is 13.8. The minimum absolute atomic E-state index is 0.0424. The molecule has 0 bridgehead atoms. The number of aliphatic hydroxyl groups excluding tert-OH is 1. The fraction of sp³-hybridized carbons (Fsp3) is 0.594. The number of nitrogens with zero attached hydrogens (tertiary/aromatic N) is 2. The smallest absolute Gasteiger partial charge is 0.243 e. The predicted molar refractivity (Wildman–Crippen MR) is 157 cm³/mol. The minimum Gasteiger partial charge on any atom is -0.497 e. The van der Waals surface area contributed by atoms with Gasteiger partial charge in [-0.1, -0.05) is 43.2 Å². The summed E-state index contributed by atoms with van der Waals surface area (Å²) in [6, 6.07) is 16.5. The molecule has 2 aromatic rings. The second-order valence-electron chi connectivity index (χ2n) is 11.9. The van der Waals surface area contributed by atoms with Gasteiger partial charge in [0.2, 0.25) is 15.9 Å². The molecule has 2 saturated heterocycles. The van der Waals surface area contributed by atoms with Gasteiger partial charge in [0, 0.05) is 38.2 Å². The highest BCUT2D eigenvalue weighted by Crippen LogP contribution is 2.34. The molecule has 224 valence electrons. The van der Waals surface area contributed by atoms with Crippen LogP contribution in [-0.2, 0) is 26.0 Å². The number of β-amino-alcohol motifs (C(OH)–C–C–N with tert-alkyl or cyclic N) is 1. The number of methoxy groups -OCH3 is 1. The lowest BCUT2D eigenvalue weighted by atomic mass is 9.94. The van der Waals surface area contributed by atoms with E-state index in [0.717, 1.165) is 57.1 Å². The number of aliphatic hydroxyl groups is 1. The van der Waals surface area contributed by atoms with Crippen LogP contribution in [0.25, 0.3) is 0 Å². The van der Waals surface area contributed by atoms with Crippen molar-refractivity contribution >= 4 is 15.9 Å². The van der Waals surface area contributed by atoms with Crippen LogP contribution >= 0.6 is 0 Å². The molecule has 3 unspecified atom stereocenters. The molecule has 1 N–H and O–H groups in total. The summed E-state index contributed by atoms with van der Waals surface area (Å²) in [5.74, 6) is 0.753. The Labute approximate surface area is 244 Å². The van der Waals surface area contributed by atoms with E-state index in [1.54, 1.807) is 31.4 Å². The highest BCUT2D eigenvalue weighted by molar-refractivity contribution is 7.89. The Hall–Kier alpha value is -2.46. The molecule has 5 rings (SSSR count). The summed E-state index contributed by atoms with van der Waals surface area (Å²) in [6.45, 7) is 1.18. The van der Waals surface area contributed by atoms with E-state index in [1.807, 2.05) is 23.1 Å². The number of benzene rings is 2. The zero-order valence-electron chi connectivity index (χ0n) is 24.1. The molecule has 2 aromatic carbocycles. The molecular formula is C32H44N2O6S. The van der Waals surface area contributed by atoms with E-state index in [4.69, 9.17) is 9.47 Å². The Bertz CT molecular complexity index is 1230. The van der Waals surface area contributed by atoms with E-state index in [2.05, 4.69) is 12.1 Å². The van der Waals surface area contributed by atoms with Crippen molar-refractivity contribution in [3.63, 3.8) is 0 Å². The summed E-state index contributed by atoms with van der Waals surface area (Å²) in [5.41, 5.74) is 1.15. The van der Waals surface area contributed by atoms with Crippen LogP contribution in [0.1, 0.15) is 56.9 Å². The summed E-state index contributed by atoms with van der Waals surface area (Å²) in [4.78, 5) is 15.7. The van der Waals surface area contributed by atoms with Crippen LogP contribution in [0.15, 0.2) is 59.5 Å². The molecule has 2 aliphatic heterocycles. The quantitative estimate of drug-likeness (QED) is 0.378. The molecule has 3 fully saturated rings. The Morgan fingerprint density at radius 1 is 1.05 bits per heavy atom. The number of carbonyl (C=O) groups is 1. The first kappa shape index (κ1) is 30.0. The van der Waals surface area contributed by atoms with Gasteiger partial charge in [-0.2, -0.15) is 4.31 Å². The molecular weight excluding hydrogens is 540 g/mol. The Kier molecular flexibility index (Phi) is 10.0. The summed E-state index contributed by atoms with van der Waals surface area (Å²) in [5, 5.41) is 11.4. The third-order valence-electron chi connectivity index (χ3n) is 8.97. The van der Waals surface area contributed by atoms with Crippen molar-refractivity contribution in [1.29, 1.82) is 0 Å². The van der Waals surface area contributed by atoms with E-state index in [0.29, 0.717) is 25.1 Å². The molecule has 8 nitrogen and oxygen atoms in total. The van der Waals surface area contributed by atoms with Gasteiger partial charge >= 0.3 is 0 Å². The Morgan fingerprint density at radius 2 is 1.78 bits per heavy atom. The monoisotopic (exact) mass is 584 g/mol. The number of rotatable bonds is 13. The minimum atomic E-state index is -3.85. The second kappa shape index (κ2) is 13.7. The van der Waals surface area contributed by atoms with Crippen LogP contribution in [0.2, 0.25) is 0 Å². The van der Waals surface area contributed by atoms with Crippen LogP contribution in [0.5, 0.6) is 5.75 Å². The van der Waals surface area contributed by atoms with Crippen molar-refractivity contribution < 1.29 is 27.8 Å². The Balaban J connectivity index is 1.32. The first-order valence-electron chi connectivity index (χ1n) is 15.1. The van der Waals surface area contributed by atoms with Gasteiger partial charge < -0.3 is 19.5 Å². The maximum absolute atomic E-state index is 13.8. The lowest BCUT2D eigenvalue weighted by molar-refractivity contribution is -0.134. The molecule has 1 saturated carbocycles. The van der Waals surface area contributed by atoms with Crippen molar-refractivity contribution in [3.8, 4) is 5.75 Å². The van der Waals surface area contributed by atoms with Gasteiger partial charge in [0.25, 0.3) is 0 Å². The van der Waals surface area contributed by atoms with Gasteiger partial charge in [0.15, 0.2) is 0 Å². The van der Waals surface area contributed by atoms with Crippen LogP contribution in [0.3, 0.4) is 0 Å². The molecule has 2 heterocycles. The molecule has 0 spiro atoms. The highest BCUT2D eigenvalue weighted by Gasteiger charge is 2.42. The predicted octanol–water partition coefficient (Wildman–Crippen LogP) is 4.27. The van der Waals surface area contributed by atoms with E-state index in [1.165, 1.54) is 4.31 Å². The number of sulfonamides is 1. The van der Waals surface area contributed by atoms with Crippen molar-refractivity contribution in [2.75, 3.05) is 33.4 Å². The molecule has 1 aliphatic carbocycles. The second-order valence-corrected chi connectivity index (χ2v) is 13.9. The maximum Gasteiger partial charge on any atom is 0.243 e. The third kappa shape index (κ3) is 7.49. The number of hydrogen-bond donors (Lipinski definition) is 1. The SMILES string of the molecule is COc1ccc(S(=O)(=O)N(CC(O)CN2C(=O)C(CC3CCCO3)C[C@@H]2Cc2ccccc2)CC2CCCC2)cc1. The largest absolute Gasteiger partial charge is 0.497 e. The number of amides is 1. The van der Waals surface area contributed by atoms with Crippen molar-refractivity contribution in [1.82, 2.24) is 9.21 Å². The van der Waals surface area contributed by atoms with Gasteiger partial charge in [-0.25, -0.2) is 8.42 Å². The Morgan fingerprint density at radius 3 is 2.44 bits per heavy atom. The van der Waals surface area contributed by atoms with E-state index >= 15 is 0 Å². The van der Waals surface area contributed by atoms with E-state index in [9.17, 15) is 18.3 Å². The molecule has 0 radical (unpaired) electrons. The third-order valence-corrected chi connectivity index (χ3v) is 10.8. The molecule has 3 aliphatic rings. The van der Waals surface area contributed by atoms with E-state index < -0.39 is 16.1 Å². The van der Waals surface area contributed by atoms with Crippen LogP contribution in [0.4, 0.5) is 0 Å². The number of likely N-dealkylation sites (tertiary alicyclic amines) is 1. The lowest BCUT2D eigenvalue weighted by Gasteiger charge is -2.31. The average Bonchev–Trinajstić information content (AvgIpc) is 3.74. The van der Waals surface area contributed by atoms with Crippen molar-refractivity contribution in [2.45, 2.75) is 80.9 Å². The zero-order chi connectivity index (χ0) is 28.8. The zero-order valence-corrected chi connectivity index (χ0v) is 24.9. The lowest BCUT2D eigenvalue weighted by Crippen LogP contribution is -2.47. The van der Waals surface area contributed by atoms with Gasteiger partial charge in [0.1, 0.15) is 5.75 Å². The first-order valence-corrected chi connectivity index (χ1v) is 16.6. The molecule has 0 aromatic heterocycles.